The molecule has 18 heavy (non-hydrogen) atoms. The summed E-state index contributed by atoms with van der Waals surface area (Å²) in [6.07, 6.45) is 10.00. The van der Waals surface area contributed by atoms with Crippen molar-refractivity contribution >= 4 is 0 Å². The Morgan fingerprint density at radius 2 is 2.28 bits per heavy atom. The van der Waals surface area contributed by atoms with Crippen molar-refractivity contribution in [3.05, 3.63) is 18.1 Å². The van der Waals surface area contributed by atoms with Crippen molar-refractivity contribution in [3.63, 3.8) is 0 Å². The molecule has 0 radical (unpaired) electrons. The maximum absolute atomic E-state index is 5.97. The van der Waals surface area contributed by atoms with E-state index in [-0.39, 0.29) is 0 Å². The zero-order valence-electron chi connectivity index (χ0n) is 11.4. The van der Waals surface area contributed by atoms with Crippen LogP contribution in [0.2, 0.25) is 0 Å². The van der Waals surface area contributed by atoms with E-state index < -0.39 is 0 Å². The Hall–Kier alpha value is -1.16. The lowest BCUT2D eigenvalue weighted by Crippen LogP contribution is -2.25. The second-order valence-electron chi connectivity index (χ2n) is 5.06. The molecule has 0 aliphatic heterocycles. The number of nitrogens with one attached hydrogen (secondary N) is 1. The van der Waals surface area contributed by atoms with Crippen LogP contribution < -0.4 is 10.1 Å². The third-order valence-electron chi connectivity index (χ3n) is 3.62. The van der Waals surface area contributed by atoms with E-state index in [2.05, 4.69) is 22.2 Å². The normalized spacial score (nSPS) is 23.9. The molecule has 1 heterocycles. The van der Waals surface area contributed by atoms with E-state index in [0.717, 1.165) is 31.0 Å². The topological polar surface area (TPSA) is 47.0 Å². The molecule has 1 saturated carbocycles. The number of rotatable bonds is 5. The molecule has 1 aromatic heterocycles. The number of ether oxygens (including phenoxy) is 1. The van der Waals surface area contributed by atoms with Gasteiger partial charge in [0, 0.05) is 12.7 Å². The minimum absolute atomic E-state index is 0.322. The monoisotopic (exact) mass is 249 g/mol. The minimum Gasteiger partial charge on any atom is -0.473 e. The SMILES string of the molecule is CCC1CCCC(Oc2cncc(CNC)n2)C1. The molecule has 1 fully saturated rings. The fourth-order valence-corrected chi connectivity index (χ4v) is 2.60. The first kappa shape index (κ1) is 13.3. The number of hydrogen-bond donors (Lipinski definition) is 1. The first-order chi connectivity index (χ1) is 8.81. The van der Waals surface area contributed by atoms with Gasteiger partial charge in [0.05, 0.1) is 11.9 Å². The van der Waals surface area contributed by atoms with Crippen molar-refractivity contribution in [2.45, 2.75) is 51.7 Å². The molecule has 0 saturated heterocycles. The van der Waals surface area contributed by atoms with Crippen LogP contribution in [0.15, 0.2) is 12.4 Å². The molecule has 0 aromatic carbocycles. The van der Waals surface area contributed by atoms with Gasteiger partial charge in [-0.05, 0) is 32.2 Å². The van der Waals surface area contributed by atoms with Gasteiger partial charge in [-0.1, -0.05) is 19.8 Å². The highest BCUT2D eigenvalue weighted by Gasteiger charge is 2.22. The predicted octanol–water partition coefficient (Wildman–Crippen LogP) is 2.54. The molecule has 4 heteroatoms. The maximum atomic E-state index is 5.97. The average Bonchev–Trinajstić information content (AvgIpc) is 2.40. The Balaban J connectivity index is 1.93. The highest BCUT2D eigenvalue weighted by molar-refractivity contribution is 5.08. The van der Waals surface area contributed by atoms with Crippen molar-refractivity contribution in [1.29, 1.82) is 0 Å². The van der Waals surface area contributed by atoms with E-state index in [1.807, 2.05) is 7.05 Å². The lowest BCUT2D eigenvalue weighted by molar-refractivity contribution is 0.116. The zero-order chi connectivity index (χ0) is 12.8. The smallest absolute Gasteiger partial charge is 0.232 e. The van der Waals surface area contributed by atoms with Crippen LogP contribution in [-0.4, -0.2) is 23.1 Å². The second kappa shape index (κ2) is 6.69. The summed E-state index contributed by atoms with van der Waals surface area (Å²) in [5.74, 6) is 1.49. The highest BCUT2D eigenvalue weighted by atomic mass is 16.5. The molecule has 4 nitrogen and oxygen atoms in total. The van der Waals surface area contributed by atoms with Gasteiger partial charge in [0.25, 0.3) is 0 Å². The molecule has 100 valence electrons. The van der Waals surface area contributed by atoms with Crippen molar-refractivity contribution in [2.24, 2.45) is 5.92 Å². The van der Waals surface area contributed by atoms with E-state index in [1.165, 1.54) is 19.3 Å². The van der Waals surface area contributed by atoms with E-state index in [1.54, 1.807) is 12.4 Å². The van der Waals surface area contributed by atoms with Gasteiger partial charge < -0.3 is 10.1 Å². The predicted molar refractivity (Wildman–Crippen MR) is 71.5 cm³/mol. The van der Waals surface area contributed by atoms with Gasteiger partial charge in [-0.25, -0.2) is 4.98 Å². The standard InChI is InChI=1S/C14H23N3O/c1-3-11-5-4-6-13(7-11)18-14-10-16-9-12(17-14)8-15-2/h9-11,13,15H,3-8H2,1-2H3. The largest absolute Gasteiger partial charge is 0.473 e. The number of hydrogen-bond acceptors (Lipinski definition) is 4. The first-order valence-corrected chi connectivity index (χ1v) is 6.94. The van der Waals surface area contributed by atoms with Gasteiger partial charge in [0.15, 0.2) is 0 Å². The molecule has 0 amide bonds. The molecule has 2 unspecified atom stereocenters. The molecule has 1 aliphatic carbocycles. The van der Waals surface area contributed by atoms with Crippen LogP contribution in [0.4, 0.5) is 0 Å². The van der Waals surface area contributed by atoms with Crippen LogP contribution in [0.5, 0.6) is 5.88 Å². The van der Waals surface area contributed by atoms with Gasteiger partial charge in [-0.2, -0.15) is 0 Å². The molecule has 1 N–H and O–H groups in total. The molecule has 1 aromatic rings. The van der Waals surface area contributed by atoms with E-state index in [4.69, 9.17) is 4.74 Å². The Morgan fingerprint density at radius 1 is 1.39 bits per heavy atom. The number of aromatic nitrogens is 2. The quantitative estimate of drug-likeness (QED) is 0.871. The molecule has 0 spiro atoms. The molecule has 0 bridgehead atoms. The van der Waals surface area contributed by atoms with Gasteiger partial charge in [0.2, 0.25) is 5.88 Å². The van der Waals surface area contributed by atoms with Gasteiger partial charge >= 0.3 is 0 Å². The summed E-state index contributed by atoms with van der Waals surface area (Å²) in [6.45, 7) is 2.99. The Kier molecular flexibility index (Phi) is 4.93. The molecular formula is C14H23N3O. The van der Waals surface area contributed by atoms with Crippen LogP contribution in [0.3, 0.4) is 0 Å². The Labute approximate surface area is 109 Å². The van der Waals surface area contributed by atoms with Crippen molar-refractivity contribution in [3.8, 4) is 5.88 Å². The Bertz CT molecular complexity index is 370. The van der Waals surface area contributed by atoms with Crippen LogP contribution in [0.1, 0.15) is 44.7 Å². The maximum Gasteiger partial charge on any atom is 0.232 e. The summed E-state index contributed by atoms with van der Waals surface area (Å²) in [4.78, 5) is 8.64. The fourth-order valence-electron chi connectivity index (χ4n) is 2.60. The molecular weight excluding hydrogens is 226 g/mol. The molecule has 1 aliphatic rings. The first-order valence-electron chi connectivity index (χ1n) is 6.94. The van der Waals surface area contributed by atoms with Crippen LogP contribution in [-0.2, 0) is 6.54 Å². The summed E-state index contributed by atoms with van der Waals surface area (Å²) in [6, 6.07) is 0. The summed E-state index contributed by atoms with van der Waals surface area (Å²) >= 11 is 0. The highest BCUT2D eigenvalue weighted by Crippen LogP contribution is 2.28. The third-order valence-corrected chi connectivity index (χ3v) is 3.62. The Morgan fingerprint density at radius 3 is 3.06 bits per heavy atom. The zero-order valence-corrected chi connectivity index (χ0v) is 11.4. The third kappa shape index (κ3) is 3.67. The molecule has 2 rings (SSSR count). The average molecular weight is 249 g/mol. The van der Waals surface area contributed by atoms with Gasteiger partial charge in [-0.3, -0.25) is 4.98 Å². The summed E-state index contributed by atoms with van der Waals surface area (Å²) in [7, 11) is 1.90. The summed E-state index contributed by atoms with van der Waals surface area (Å²) in [5, 5.41) is 3.07. The summed E-state index contributed by atoms with van der Waals surface area (Å²) < 4.78 is 5.97. The lowest BCUT2D eigenvalue weighted by Gasteiger charge is -2.28. The van der Waals surface area contributed by atoms with Crippen LogP contribution in [0, 0.1) is 5.92 Å². The van der Waals surface area contributed by atoms with Gasteiger partial charge in [0.1, 0.15) is 6.10 Å². The van der Waals surface area contributed by atoms with Crippen LogP contribution >= 0.6 is 0 Å². The van der Waals surface area contributed by atoms with Crippen molar-refractivity contribution in [1.82, 2.24) is 15.3 Å². The van der Waals surface area contributed by atoms with Crippen molar-refractivity contribution in [2.75, 3.05) is 7.05 Å². The van der Waals surface area contributed by atoms with E-state index in [9.17, 15) is 0 Å². The summed E-state index contributed by atoms with van der Waals surface area (Å²) in [5.41, 5.74) is 0.929. The van der Waals surface area contributed by atoms with E-state index >= 15 is 0 Å². The molecule has 2 atom stereocenters. The van der Waals surface area contributed by atoms with Gasteiger partial charge in [-0.15, -0.1) is 0 Å². The lowest BCUT2D eigenvalue weighted by atomic mass is 9.85. The minimum atomic E-state index is 0.322. The van der Waals surface area contributed by atoms with Crippen LogP contribution in [0.25, 0.3) is 0 Å². The fraction of sp³-hybridized carbons (Fsp3) is 0.714. The van der Waals surface area contributed by atoms with E-state index in [0.29, 0.717) is 12.0 Å². The van der Waals surface area contributed by atoms with Crippen molar-refractivity contribution < 1.29 is 4.74 Å². The second-order valence-corrected chi connectivity index (χ2v) is 5.06. The number of nitrogens with zero attached hydrogens (tertiary/aromatic N) is 2.